The lowest BCUT2D eigenvalue weighted by atomic mass is 9.91. The van der Waals surface area contributed by atoms with Crippen LogP contribution in [0.1, 0.15) is 0 Å². The first kappa shape index (κ1) is 25.5. The standard InChI is InChI=1S/C42H25N3S/c1-2-10-30-25-31(24-21-26(30)9-1)27-19-22-29(23-20-27)39-41-40(34-14-4-6-18-37(34)46-41)44-42(43-39)45-35-16-5-3-13-32(35)33-15-7-11-28-12-8-17-36(45)38(28)33/h1-25H. The van der Waals surface area contributed by atoms with Crippen LogP contribution in [0.4, 0.5) is 17.3 Å². The van der Waals surface area contributed by atoms with Crippen LogP contribution in [0.3, 0.4) is 0 Å². The number of aromatic nitrogens is 2. The van der Waals surface area contributed by atoms with Crippen molar-refractivity contribution in [2.45, 2.75) is 0 Å². The van der Waals surface area contributed by atoms with E-state index in [1.807, 2.05) is 0 Å². The van der Waals surface area contributed by atoms with Crippen LogP contribution in [0.5, 0.6) is 0 Å². The Kier molecular flexibility index (Phi) is 5.45. The van der Waals surface area contributed by atoms with Gasteiger partial charge in [-0.2, -0.15) is 0 Å². The van der Waals surface area contributed by atoms with Crippen LogP contribution in [0.15, 0.2) is 152 Å². The largest absolute Gasteiger partial charge is 0.278 e. The quantitative estimate of drug-likeness (QED) is 0.201. The third kappa shape index (κ3) is 3.77. The molecule has 10 rings (SSSR count). The van der Waals surface area contributed by atoms with Crippen molar-refractivity contribution in [3.63, 3.8) is 0 Å². The minimum absolute atomic E-state index is 0.680. The highest BCUT2D eigenvalue weighted by Crippen LogP contribution is 2.51. The zero-order valence-corrected chi connectivity index (χ0v) is 25.5. The second kappa shape index (κ2) is 9.83. The second-order valence-corrected chi connectivity index (χ2v) is 12.9. The van der Waals surface area contributed by atoms with Gasteiger partial charge >= 0.3 is 0 Å². The first-order valence-corrected chi connectivity index (χ1v) is 16.3. The van der Waals surface area contributed by atoms with Crippen molar-refractivity contribution in [2.75, 3.05) is 4.90 Å². The summed E-state index contributed by atoms with van der Waals surface area (Å²) in [5.74, 6) is 0.680. The van der Waals surface area contributed by atoms with Gasteiger partial charge < -0.3 is 0 Å². The highest BCUT2D eigenvalue weighted by atomic mass is 32.1. The van der Waals surface area contributed by atoms with Crippen LogP contribution in [-0.4, -0.2) is 9.97 Å². The topological polar surface area (TPSA) is 29.0 Å². The molecular formula is C42H25N3S. The van der Waals surface area contributed by atoms with Crippen molar-refractivity contribution < 1.29 is 0 Å². The van der Waals surface area contributed by atoms with Crippen molar-refractivity contribution in [3.8, 4) is 33.5 Å². The highest BCUT2D eigenvalue weighted by molar-refractivity contribution is 7.26. The third-order valence-corrected chi connectivity index (χ3v) is 10.4. The van der Waals surface area contributed by atoms with Crippen LogP contribution in [0.2, 0.25) is 0 Å². The Bertz CT molecular complexity index is 2650. The van der Waals surface area contributed by atoms with Gasteiger partial charge in [0.1, 0.15) is 0 Å². The van der Waals surface area contributed by atoms with Crippen LogP contribution in [0, 0.1) is 0 Å². The van der Waals surface area contributed by atoms with Gasteiger partial charge in [0.05, 0.1) is 27.3 Å². The van der Waals surface area contributed by atoms with E-state index in [-0.39, 0.29) is 0 Å². The lowest BCUT2D eigenvalue weighted by Crippen LogP contribution is -2.17. The number of fused-ring (bicyclic) bond motifs is 6. The molecule has 0 spiro atoms. The average molecular weight is 604 g/mol. The molecule has 214 valence electrons. The smallest absolute Gasteiger partial charge is 0.235 e. The van der Waals surface area contributed by atoms with Crippen LogP contribution in [0.25, 0.3) is 75.4 Å². The van der Waals surface area contributed by atoms with Gasteiger partial charge in [-0.3, -0.25) is 4.90 Å². The maximum atomic E-state index is 5.42. The molecule has 0 radical (unpaired) electrons. The number of anilines is 3. The molecule has 9 aromatic rings. The van der Waals surface area contributed by atoms with E-state index in [1.165, 1.54) is 48.5 Å². The lowest BCUT2D eigenvalue weighted by Gasteiger charge is -2.32. The molecule has 0 atom stereocenters. The molecule has 0 aliphatic carbocycles. The maximum Gasteiger partial charge on any atom is 0.235 e. The van der Waals surface area contributed by atoms with Gasteiger partial charge in [0.2, 0.25) is 5.95 Å². The Morgan fingerprint density at radius 3 is 2.07 bits per heavy atom. The van der Waals surface area contributed by atoms with Gasteiger partial charge in [-0.05, 0) is 57.1 Å². The average Bonchev–Trinajstić information content (AvgIpc) is 3.50. The molecule has 4 heteroatoms. The van der Waals surface area contributed by atoms with Crippen molar-refractivity contribution in [3.05, 3.63) is 152 Å². The fourth-order valence-electron chi connectivity index (χ4n) is 7.04. The van der Waals surface area contributed by atoms with Gasteiger partial charge in [0, 0.05) is 26.6 Å². The zero-order chi connectivity index (χ0) is 30.2. The summed E-state index contributed by atoms with van der Waals surface area (Å²) >= 11 is 1.77. The Morgan fingerprint density at radius 2 is 1.15 bits per heavy atom. The minimum Gasteiger partial charge on any atom is -0.278 e. The molecule has 7 aromatic carbocycles. The summed E-state index contributed by atoms with van der Waals surface area (Å²) in [6.45, 7) is 0. The molecule has 1 aliphatic heterocycles. The monoisotopic (exact) mass is 603 g/mol. The molecule has 3 heterocycles. The summed E-state index contributed by atoms with van der Waals surface area (Å²) in [5, 5.41) is 6.09. The minimum atomic E-state index is 0.680. The normalized spacial score (nSPS) is 12.3. The van der Waals surface area contributed by atoms with Crippen molar-refractivity contribution in [1.82, 2.24) is 9.97 Å². The Balaban J connectivity index is 1.20. The summed E-state index contributed by atoms with van der Waals surface area (Å²) < 4.78 is 2.32. The summed E-state index contributed by atoms with van der Waals surface area (Å²) in [6, 6.07) is 54.3. The van der Waals surface area contributed by atoms with Gasteiger partial charge in [-0.25, -0.2) is 9.97 Å². The third-order valence-electron chi connectivity index (χ3n) is 9.21. The summed E-state index contributed by atoms with van der Waals surface area (Å²) in [5.41, 5.74) is 10.0. The Hall–Kier alpha value is -5.84. The Labute approximate surface area is 269 Å². The number of para-hydroxylation sites is 1. The lowest BCUT2D eigenvalue weighted by molar-refractivity contribution is 1.12. The van der Waals surface area contributed by atoms with E-state index in [2.05, 4.69) is 157 Å². The number of thiophene rings is 1. The van der Waals surface area contributed by atoms with Gasteiger partial charge in [-0.1, -0.05) is 127 Å². The molecular weight excluding hydrogens is 579 g/mol. The first-order valence-electron chi connectivity index (χ1n) is 15.5. The van der Waals surface area contributed by atoms with Crippen molar-refractivity contribution >= 4 is 70.5 Å². The predicted octanol–water partition coefficient (Wildman–Crippen LogP) is 11.9. The highest BCUT2D eigenvalue weighted by Gasteiger charge is 2.28. The zero-order valence-electron chi connectivity index (χ0n) is 24.7. The fourth-order valence-corrected chi connectivity index (χ4v) is 8.19. The molecule has 0 saturated carbocycles. The Morgan fingerprint density at radius 1 is 0.478 bits per heavy atom. The number of rotatable bonds is 3. The molecule has 2 aromatic heterocycles. The number of nitrogens with zero attached hydrogens (tertiary/aromatic N) is 3. The second-order valence-electron chi connectivity index (χ2n) is 11.8. The van der Waals surface area contributed by atoms with Crippen molar-refractivity contribution in [1.29, 1.82) is 0 Å². The van der Waals surface area contributed by atoms with Crippen LogP contribution in [-0.2, 0) is 0 Å². The number of hydrogen-bond acceptors (Lipinski definition) is 4. The first-order chi connectivity index (χ1) is 22.8. The van der Waals surface area contributed by atoms with E-state index in [4.69, 9.17) is 9.97 Å². The molecule has 0 bridgehead atoms. The predicted molar refractivity (Wildman–Crippen MR) is 194 cm³/mol. The summed E-state index contributed by atoms with van der Waals surface area (Å²) in [6.07, 6.45) is 0. The molecule has 0 saturated heterocycles. The summed E-state index contributed by atoms with van der Waals surface area (Å²) in [4.78, 5) is 13.0. The van der Waals surface area contributed by atoms with E-state index in [0.29, 0.717) is 5.95 Å². The van der Waals surface area contributed by atoms with Crippen LogP contribution >= 0.6 is 11.3 Å². The molecule has 0 unspecified atom stereocenters. The van der Waals surface area contributed by atoms with Crippen molar-refractivity contribution in [2.24, 2.45) is 0 Å². The molecule has 1 aliphatic rings. The van der Waals surface area contributed by atoms with E-state index < -0.39 is 0 Å². The molecule has 0 fully saturated rings. The van der Waals surface area contributed by atoms with E-state index >= 15 is 0 Å². The molecule has 0 amide bonds. The van der Waals surface area contributed by atoms with E-state index in [9.17, 15) is 0 Å². The van der Waals surface area contributed by atoms with E-state index in [1.54, 1.807) is 11.3 Å². The van der Waals surface area contributed by atoms with E-state index in [0.717, 1.165) is 38.2 Å². The summed E-state index contributed by atoms with van der Waals surface area (Å²) in [7, 11) is 0. The molecule has 3 nitrogen and oxygen atoms in total. The number of benzene rings is 7. The molecule has 0 N–H and O–H groups in total. The maximum absolute atomic E-state index is 5.42. The SMILES string of the molecule is c1ccc2c(c1)-c1cccc3cccc(c13)N2c1nc(-c2ccc(-c3ccc4ccccc4c3)cc2)c2sc3ccccc3c2n1. The van der Waals surface area contributed by atoms with Gasteiger partial charge in [0.15, 0.2) is 0 Å². The molecule has 46 heavy (non-hydrogen) atoms. The van der Waals surface area contributed by atoms with Crippen LogP contribution < -0.4 is 4.90 Å². The fraction of sp³-hybridized carbons (Fsp3) is 0. The van der Waals surface area contributed by atoms with Gasteiger partial charge in [0.25, 0.3) is 0 Å². The van der Waals surface area contributed by atoms with Gasteiger partial charge in [-0.15, -0.1) is 11.3 Å². The number of hydrogen-bond donors (Lipinski definition) is 0.